The lowest BCUT2D eigenvalue weighted by molar-refractivity contribution is 0.101. The first-order chi connectivity index (χ1) is 13.0. The van der Waals surface area contributed by atoms with Gasteiger partial charge in [0, 0.05) is 23.9 Å². The van der Waals surface area contributed by atoms with Gasteiger partial charge in [0.05, 0.1) is 19.8 Å². The van der Waals surface area contributed by atoms with Crippen LogP contribution in [0.5, 0.6) is 11.5 Å². The molecule has 0 N–H and O–H groups in total. The van der Waals surface area contributed by atoms with E-state index in [1.807, 2.05) is 48.0 Å². The molecular weight excluding hydrogens is 362 g/mol. The number of carbonyl (C=O) groups excluding carboxylic acids is 1. The summed E-state index contributed by atoms with van der Waals surface area (Å²) in [6, 6.07) is 13.2. The predicted octanol–water partition coefficient (Wildman–Crippen LogP) is 3.99. The summed E-state index contributed by atoms with van der Waals surface area (Å²) in [5, 5.41) is 9.40. The zero-order valence-corrected chi connectivity index (χ0v) is 16.5. The Bertz CT molecular complexity index is 969. The Hall–Kier alpha value is -2.80. The molecule has 0 atom stereocenters. The Kier molecular flexibility index (Phi) is 5.81. The lowest BCUT2D eigenvalue weighted by atomic mass is 10.1. The van der Waals surface area contributed by atoms with Crippen LogP contribution < -0.4 is 9.47 Å². The highest BCUT2D eigenvalue weighted by atomic mass is 32.2. The van der Waals surface area contributed by atoms with E-state index in [0.717, 1.165) is 33.6 Å². The number of nitrogens with zero attached hydrogens (tertiary/aromatic N) is 3. The van der Waals surface area contributed by atoms with Crippen LogP contribution in [-0.4, -0.2) is 34.8 Å². The maximum Gasteiger partial charge on any atom is 0.191 e. The minimum atomic E-state index is 0.0287. The van der Waals surface area contributed by atoms with Crippen LogP contribution in [0.2, 0.25) is 0 Å². The molecule has 0 saturated carbocycles. The summed E-state index contributed by atoms with van der Waals surface area (Å²) < 4.78 is 12.8. The number of hydrogen-bond donors (Lipinski definition) is 0. The molecule has 0 aliphatic heterocycles. The second-order valence-corrected chi connectivity index (χ2v) is 6.88. The molecule has 7 heteroatoms. The average Bonchev–Trinajstić information content (AvgIpc) is 3.06. The SMILES string of the molecule is COc1ccc(C(C)=O)cc1CSc1nnc(-c2ccccc2OC)n1C. The van der Waals surface area contributed by atoms with Gasteiger partial charge < -0.3 is 14.0 Å². The van der Waals surface area contributed by atoms with Crippen molar-refractivity contribution >= 4 is 17.5 Å². The Morgan fingerprint density at radius 2 is 1.81 bits per heavy atom. The van der Waals surface area contributed by atoms with Crippen molar-refractivity contribution in [3.05, 3.63) is 53.6 Å². The smallest absolute Gasteiger partial charge is 0.191 e. The maximum absolute atomic E-state index is 11.7. The second kappa shape index (κ2) is 8.26. The van der Waals surface area contributed by atoms with Crippen molar-refractivity contribution in [3.63, 3.8) is 0 Å². The molecule has 2 aromatic carbocycles. The highest BCUT2D eigenvalue weighted by Crippen LogP contribution is 2.32. The van der Waals surface area contributed by atoms with E-state index in [1.165, 1.54) is 11.8 Å². The van der Waals surface area contributed by atoms with Crippen LogP contribution in [0.3, 0.4) is 0 Å². The number of thioether (sulfide) groups is 1. The number of Topliss-reactive ketones (excluding diaryl/α,β-unsaturated/α-hetero) is 1. The molecule has 0 aliphatic carbocycles. The zero-order chi connectivity index (χ0) is 19.4. The Morgan fingerprint density at radius 1 is 1.07 bits per heavy atom. The van der Waals surface area contributed by atoms with Crippen molar-refractivity contribution < 1.29 is 14.3 Å². The standard InChI is InChI=1S/C20H21N3O3S/c1-13(24)14-9-10-17(25-3)15(11-14)12-27-20-22-21-19(23(20)2)16-7-5-6-8-18(16)26-4/h5-11H,12H2,1-4H3. The van der Waals surface area contributed by atoms with E-state index < -0.39 is 0 Å². The number of methoxy groups -OCH3 is 2. The van der Waals surface area contributed by atoms with E-state index in [-0.39, 0.29) is 5.78 Å². The molecule has 1 aromatic heterocycles. The molecule has 27 heavy (non-hydrogen) atoms. The third-order valence-electron chi connectivity index (χ3n) is 4.23. The van der Waals surface area contributed by atoms with Crippen molar-refractivity contribution in [2.45, 2.75) is 17.8 Å². The topological polar surface area (TPSA) is 66.2 Å². The molecule has 140 valence electrons. The molecule has 0 radical (unpaired) electrons. The average molecular weight is 383 g/mol. The van der Waals surface area contributed by atoms with Crippen LogP contribution in [0.4, 0.5) is 0 Å². The largest absolute Gasteiger partial charge is 0.496 e. The second-order valence-electron chi connectivity index (χ2n) is 5.94. The summed E-state index contributed by atoms with van der Waals surface area (Å²) >= 11 is 1.54. The van der Waals surface area contributed by atoms with Crippen LogP contribution in [0, 0.1) is 0 Å². The Labute approximate surface area is 162 Å². The normalized spacial score (nSPS) is 10.7. The first-order valence-electron chi connectivity index (χ1n) is 8.38. The molecule has 6 nitrogen and oxygen atoms in total. The van der Waals surface area contributed by atoms with Gasteiger partial charge in [0.15, 0.2) is 16.8 Å². The van der Waals surface area contributed by atoms with E-state index >= 15 is 0 Å². The van der Waals surface area contributed by atoms with Gasteiger partial charge in [0.2, 0.25) is 0 Å². The van der Waals surface area contributed by atoms with Gasteiger partial charge in [-0.2, -0.15) is 0 Å². The molecule has 0 fully saturated rings. The monoisotopic (exact) mass is 383 g/mol. The molecular formula is C20H21N3O3S. The number of hydrogen-bond acceptors (Lipinski definition) is 6. The fourth-order valence-corrected chi connectivity index (χ4v) is 3.65. The van der Waals surface area contributed by atoms with Gasteiger partial charge >= 0.3 is 0 Å². The van der Waals surface area contributed by atoms with E-state index in [1.54, 1.807) is 27.2 Å². The van der Waals surface area contributed by atoms with Crippen molar-refractivity contribution in [2.75, 3.05) is 14.2 Å². The molecule has 0 aliphatic rings. The fourth-order valence-electron chi connectivity index (χ4n) is 2.76. The Morgan fingerprint density at radius 3 is 2.52 bits per heavy atom. The van der Waals surface area contributed by atoms with Gasteiger partial charge in [-0.1, -0.05) is 23.9 Å². The molecule has 0 spiro atoms. The minimum Gasteiger partial charge on any atom is -0.496 e. The van der Waals surface area contributed by atoms with Gasteiger partial charge in [0.1, 0.15) is 11.5 Å². The maximum atomic E-state index is 11.7. The third-order valence-corrected chi connectivity index (χ3v) is 5.30. The lowest BCUT2D eigenvalue weighted by Crippen LogP contribution is -1.99. The summed E-state index contributed by atoms with van der Waals surface area (Å²) in [6.45, 7) is 1.56. The molecule has 0 saturated heterocycles. The highest BCUT2D eigenvalue weighted by molar-refractivity contribution is 7.98. The molecule has 1 heterocycles. The van der Waals surface area contributed by atoms with Crippen LogP contribution in [-0.2, 0) is 12.8 Å². The van der Waals surface area contributed by atoms with Crippen molar-refractivity contribution in [1.29, 1.82) is 0 Å². The van der Waals surface area contributed by atoms with E-state index in [2.05, 4.69) is 10.2 Å². The van der Waals surface area contributed by atoms with E-state index in [9.17, 15) is 4.79 Å². The fraction of sp³-hybridized carbons (Fsp3) is 0.250. The summed E-state index contributed by atoms with van der Waals surface area (Å²) in [5.41, 5.74) is 2.49. The minimum absolute atomic E-state index is 0.0287. The number of benzene rings is 2. The van der Waals surface area contributed by atoms with Gasteiger partial charge in [-0.05, 0) is 37.3 Å². The van der Waals surface area contributed by atoms with Crippen molar-refractivity contribution in [3.8, 4) is 22.9 Å². The van der Waals surface area contributed by atoms with Crippen LogP contribution in [0.25, 0.3) is 11.4 Å². The van der Waals surface area contributed by atoms with Crippen molar-refractivity contribution in [2.24, 2.45) is 7.05 Å². The summed E-state index contributed by atoms with van der Waals surface area (Å²) in [7, 11) is 5.19. The zero-order valence-electron chi connectivity index (χ0n) is 15.7. The number of aromatic nitrogens is 3. The van der Waals surface area contributed by atoms with Gasteiger partial charge in [0.25, 0.3) is 0 Å². The number of rotatable bonds is 7. The molecule has 3 rings (SSSR count). The number of ether oxygens (including phenoxy) is 2. The van der Waals surface area contributed by atoms with Crippen LogP contribution in [0.1, 0.15) is 22.8 Å². The number of carbonyl (C=O) groups is 1. The number of para-hydroxylation sites is 1. The van der Waals surface area contributed by atoms with Crippen molar-refractivity contribution in [1.82, 2.24) is 14.8 Å². The lowest BCUT2D eigenvalue weighted by Gasteiger charge is -2.10. The Balaban J connectivity index is 1.85. The molecule has 0 unspecified atom stereocenters. The summed E-state index contributed by atoms with van der Waals surface area (Å²) in [5.74, 6) is 2.88. The van der Waals surface area contributed by atoms with E-state index in [4.69, 9.17) is 9.47 Å². The first-order valence-corrected chi connectivity index (χ1v) is 9.37. The first kappa shape index (κ1) is 19.0. The van der Waals surface area contributed by atoms with Crippen LogP contribution in [0.15, 0.2) is 47.6 Å². The quantitative estimate of drug-likeness (QED) is 0.454. The van der Waals surface area contributed by atoms with Gasteiger partial charge in [-0.3, -0.25) is 4.79 Å². The number of ketones is 1. The van der Waals surface area contributed by atoms with E-state index in [0.29, 0.717) is 11.3 Å². The summed E-state index contributed by atoms with van der Waals surface area (Å²) in [4.78, 5) is 11.7. The third kappa shape index (κ3) is 3.98. The van der Waals surface area contributed by atoms with Crippen LogP contribution >= 0.6 is 11.8 Å². The molecule has 0 bridgehead atoms. The molecule has 0 amide bonds. The van der Waals surface area contributed by atoms with Gasteiger partial charge in [-0.15, -0.1) is 10.2 Å². The highest BCUT2D eigenvalue weighted by Gasteiger charge is 2.16. The molecule has 3 aromatic rings. The summed E-state index contributed by atoms with van der Waals surface area (Å²) in [6.07, 6.45) is 0. The van der Waals surface area contributed by atoms with Gasteiger partial charge in [-0.25, -0.2) is 0 Å². The predicted molar refractivity (Wildman–Crippen MR) is 106 cm³/mol.